The first kappa shape index (κ1) is 12.3. The van der Waals surface area contributed by atoms with Crippen molar-refractivity contribution in [3.05, 3.63) is 42.0 Å². The van der Waals surface area contributed by atoms with Gasteiger partial charge in [-0.1, -0.05) is 6.58 Å². The lowest BCUT2D eigenvalue weighted by Gasteiger charge is -2.08. The van der Waals surface area contributed by atoms with Crippen LogP contribution in [0.25, 0.3) is 0 Å². The van der Waals surface area contributed by atoms with E-state index in [1.54, 1.807) is 24.3 Å². The molecular formula is C12H16N2O2. The molecule has 0 saturated carbocycles. The predicted octanol–water partition coefficient (Wildman–Crippen LogP) is 0.940. The Bertz CT molecular complexity index is 371. The van der Waals surface area contributed by atoms with Gasteiger partial charge < -0.3 is 15.8 Å². The molecule has 4 heteroatoms. The summed E-state index contributed by atoms with van der Waals surface area (Å²) in [5, 5.41) is 2.99. The number of rotatable bonds is 6. The maximum atomic E-state index is 10.8. The van der Waals surface area contributed by atoms with Crippen LogP contribution in [-0.4, -0.2) is 26.1 Å². The lowest BCUT2D eigenvalue weighted by molar-refractivity contribution is 0.100. The third-order valence-corrected chi connectivity index (χ3v) is 2.01. The van der Waals surface area contributed by atoms with Gasteiger partial charge in [-0.05, 0) is 36.9 Å². The van der Waals surface area contributed by atoms with Gasteiger partial charge in [-0.25, -0.2) is 0 Å². The van der Waals surface area contributed by atoms with Gasteiger partial charge in [-0.15, -0.1) is 0 Å². The molecule has 0 aliphatic rings. The highest BCUT2D eigenvalue weighted by Gasteiger charge is 2.00. The van der Waals surface area contributed by atoms with Crippen LogP contribution in [0.15, 0.2) is 36.4 Å². The maximum Gasteiger partial charge on any atom is 0.248 e. The molecule has 0 radical (unpaired) electrons. The van der Waals surface area contributed by atoms with Gasteiger partial charge in [0.2, 0.25) is 5.91 Å². The Kier molecular flexibility index (Phi) is 4.54. The SMILES string of the molecule is C=C(CNC)COc1ccc(C(N)=O)cc1. The molecule has 0 bridgehead atoms. The van der Waals surface area contributed by atoms with Gasteiger partial charge in [0, 0.05) is 12.1 Å². The molecular weight excluding hydrogens is 204 g/mol. The van der Waals surface area contributed by atoms with Crippen LogP contribution in [0.3, 0.4) is 0 Å². The standard InChI is InChI=1S/C12H16N2O2/c1-9(7-14-2)8-16-11-5-3-10(4-6-11)12(13)15/h3-6,14H,1,7-8H2,2H3,(H2,13,15). The summed E-state index contributed by atoms with van der Waals surface area (Å²) in [7, 11) is 1.85. The van der Waals surface area contributed by atoms with Crippen LogP contribution < -0.4 is 15.8 Å². The summed E-state index contributed by atoms with van der Waals surface area (Å²) in [6.45, 7) is 5.02. The quantitative estimate of drug-likeness (QED) is 0.701. The summed E-state index contributed by atoms with van der Waals surface area (Å²) in [6, 6.07) is 6.70. The van der Waals surface area contributed by atoms with Gasteiger partial charge in [-0.3, -0.25) is 4.79 Å². The van der Waals surface area contributed by atoms with E-state index in [2.05, 4.69) is 11.9 Å². The van der Waals surface area contributed by atoms with Gasteiger partial charge in [0.25, 0.3) is 0 Å². The Morgan fingerprint density at radius 1 is 1.44 bits per heavy atom. The summed E-state index contributed by atoms with van der Waals surface area (Å²) in [6.07, 6.45) is 0. The molecule has 0 heterocycles. The number of benzene rings is 1. The number of primary amides is 1. The van der Waals surface area contributed by atoms with Crippen molar-refractivity contribution >= 4 is 5.91 Å². The van der Waals surface area contributed by atoms with E-state index in [1.165, 1.54) is 0 Å². The Morgan fingerprint density at radius 3 is 2.56 bits per heavy atom. The van der Waals surface area contributed by atoms with Crippen molar-refractivity contribution in [3.8, 4) is 5.75 Å². The molecule has 86 valence electrons. The number of carbonyl (C=O) groups is 1. The molecule has 1 aromatic carbocycles. The van der Waals surface area contributed by atoms with E-state index in [0.717, 1.165) is 12.1 Å². The lowest BCUT2D eigenvalue weighted by atomic mass is 10.2. The third-order valence-electron chi connectivity index (χ3n) is 2.01. The zero-order chi connectivity index (χ0) is 12.0. The second-order valence-electron chi connectivity index (χ2n) is 3.46. The summed E-state index contributed by atoms with van der Waals surface area (Å²) in [4.78, 5) is 10.8. The number of hydrogen-bond acceptors (Lipinski definition) is 3. The first-order valence-corrected chi connectivity index (χ1v) is 4.97. The molecule has 1 amide bonds. The minimum Gasteiger partial charge on any atom is -0.489 e. The van der Waals surface area contributed by atoms with Crippen LogP contribution in [0.1, 0.15) is 10.4 Å². The number of amides is 1. The normalized spacial score (nSPS) is 9.81. The van der Waals surface area contributed by atoms with Gasteiger partial charge in [0.15, 0.2) is 0 Å². The van der Waals surface area contributed by atoms with Crippen LogP contribution in [-0.2, 0) is 0 Å². The van der Waals surface area contributed by atoms with Crippen molar-refractivity contribution in [2.45, 2.75) is 0 Å². The fraction of sp³-hybridized carbons (Fsp3) is 0.250. The molecule has 0 unspecified atom stereocenters. The number of ether oxygens (including phenoxy) is 1. The molecule has 1 aromatic rings. The molecule has 0 aliphatic heterocycles. The smallest absolute Gasteiger partial charge is 0.248 e. The molecule has 4 nitrogen and oxygen atoms in total. The van der Waals surface area contributed by atoms with Crippen molar-refractivity contribution < 1.29 is 9.53 Å². The van der Waals surface area contributed by atoms with E-state index in [0.29, 0.717) is 17.9 Å². The number of likely N-dealkylation sites (N-methyl/N-ethyl adjacent to an activating group) is 1. The second kappa shape index (κ2) is 5.92. The summed E-state index contributed by atoms with van der Waals surface area (Å²) < 4.78 is 5.46. The molecule has 0 atom stereocenters. The van der Waals surface area contributed by atoms with Crippen molar-refractivity contribution in [1.82, 2.24) is 5.32 Å². The van der Waals surface area contributed by atoms with Crippen molar-refractivity contribution in [1.29, 1.82) is 0 Å². The minimum absolute atomic E-state index is 0.439. The molecule has 16 heavy (non-hydrogen) atoms. The molecule has 0 aromatic heterocycles. The Morgan fingerprint density at radius 2 is 2.06 bits per heavy atom. The Labute approximate surface area is 95.1 Å². The summed E-state index contributed by atoms with van der Waals surface area (Å²) >= 11 is 0. The summed E-state index contributed by atoms with van der Waals surface area (Å²) in [5.41, 5.74) is 6.56. The fourth-order valence-corrected chi connectivity index (χ4v) is 1.20. The number of nitrogens with two attached hydrogens (primary N) is 1. The van der Waals surface area contributed by atoms with E-state index in [-0.39, 0.29) is 0 Å². The molecule has 0 spiro atoms. The van der Waals surface area contributed by atoms with E-state index < -0.39 is 5.91 Å². The summed E-state index contributed by atoms with van der Waals surface area (Å²) in [5.74, 6) is 0.258. The van der Waals surface area contributed by atoms with Crippen LogP contribution in [0.5, 0.6) is 5.75 Å². The second-order valence-corrected chi connectivity index (χ2v) is 3.46. The van der Waals surface area contributed by atoms with E-state index in [4.69, 9.17) is 10.5 Å². The number of carbonyl (C=O) groups excluding carboxylic acids is 1. The average molecular weight is 220 g/mol. The molecule has 1 rings (SSSR count). The van der Waals surface area contributed by atoms with Gasteiger partial charge in [0.1, 0.15) is 12.4 Å². The molecule has 0 saturated heterocycles. The topological polar surface area (TPSA) is 64.3 Å². The van der Waals surface area contributed by atoms with Gasteiger partial charge in [-0.2, -0.15) is 0 Å². The monoisotopic (exact) mass is 220 g/mol. The molecule has 3 N–H and O–H groups in total. The van der Waals surface area contributed by atoms with Crippen LogP contribution >= 0.6 is 0 Å². The molecule has 0 aliphatic carbocycles. The van der Waals surface area contributed by atoms with Crippen LogP contribution in [0, 0.1) is 0 Å². The van der Waals surface area contributed by atoms with Crippen LogP contribution in [0.2, 0.25) is 0 Å². The largest absolute Gasteiger partial charge is 0.489 e. The highest BCUT2D eigenvalue weighted by Crippen LogP contribution is 2.12. The first-order valence-electron chi connectivity index (χ1n) is 4.97. The van der Waals surface area contributed by atoms with E-state index in [1.807, 2.05) is 7.05 Å². The highest BCUT2D eigenvalue weighted by atomic mass is 16.5. The van der Waals surface area contributed by atoms with Gasteiger partial charge >= 0.3 is 0 Å². The van der Waals surface area contributed by atoms with Crippen LogP contribution in [0.4, 0.5) is 0 Å². The van der Waals surface area contributed by atoms with Gasteiger partial charge in [0.05, 0.1) is 0 Å². The first-order chi connectivity index (χ1) is 7.63. The van der Waals surface area contributed by atoms with E-state index in [9.17, 15) is 4.79 Å². The van der Waals surface area contributed by atoms with E-state index >= 15 is 0 Å². The number of nitrogens with one attached hydrogen (secondary N) is 1. The predicted molar refractivity (Wildman–Crippen MR) is 63.5 cm³/mol. The number of hydrogen-bond donors (Lipinski definition) is 2. The highest BCUT2D eigenvalue weighted by molar-refractivity contribution is 5.92. The maximum absolute atomic E-state index is 10.8. The van der Waals surface area contributed by atoms with Crippen molar-refractivity contribution in [3.63, 3.8) is 0 Å². The Hall–Kier alpha value is -1.81. The average Bonchev–Trinajstić information content (AvgIpc) is 2.27. The zero-order valence-corrected chi connectivity index (χ0v) is 9.32. The Balaban J connectivity index is 2.49. The minimum atomic E-state index is -0.439. The zero-order valence-electron chi connectivity index (χ0n) is 9.32. The fourth-order valence-electron chi connectivity index (χ4n) is 1.20. The third kappa shape index (κ3) is 3.74. The molecule has 0 fully saturated rings. The van der Waals surface area contributed by atoms with Crippen molar-refractivity contribution in [2.24, 2.45) is 5.73 Å². The lowest BCUT2D eigenvalue weighted by Crippen LogP contribution is -2.14. The van der Waals surface area contributed by atoms with Crippen molar-refractivity contribution in [2.75, 3.05) is 20.2 Å².